The molecule has 4 heteroatoms. The third kappa shape index (κ3) is 3.70. The first kappa shape index (κ1) is 12.3. The fourth-order valence-corrected chi connectivity index (χ4v) is 1.15. The summed E-state index contributed by atoms with van der Waals surface area (Å²) in [5.41, 5.74) is -0.0120. The molecule has 1 atom stereocenters. The highest BCUT2D eigenvalue weighted by Gasteiger charge is 2.26. The molecule has 1 rings (SSSR count). The van der Waals surface area contributed by atoms with Gasteiger partial charge in [-0.15, -0.1) is 0 Å². The van der Waals surface area contributed by atoms with Crippen LogP contribution in [0, 0.1) is 5.41 Å². The Hall–Kier alpha value is -0.770. The molecule has 0 aromatic heterocycles. The second kappa shape index (κ2) is 4.84. The molecule has 1 aliphatic rings. The topological polar surface area (TPSA) is 38.8 Å². The van der Waals surface area contributed by atoms with Crippen LogP contribution < -0.4 is 0 Å². The maximum Gasteiger partial charge on any atom is 0.410 e. The lowest BCUT2D eigenvalue weighted by atomic mass is 9.90. The van der Waals surface area contributed by atoms with Gasteiger partial charge in [0.05, 0.1) is 13.2 Å². The highest BCUT2D eigenvalue weighted by Crippen LogP contribution is 2.22. The molecule has 1 aliphatic heterocycles. The van der Waals surface area contributed by atoms with Gasteiger partial charge in [-0.3, -0.25) is 0 Å². The molecule has 0 spiro atoms. The van der Waals surface area contributed by atoms with Crippen LogP contribution in [0.3, 0.4) is 0 Å². The standard InChI is InChI=1S/C11H21NO3/c1-9(11(2,3)4)15-10(13)12-5-7-14-8-6-12/h9H,5-8H2,1-4H3/t9-/m1/s1. The first-order valence-corrected chi connectivity index (χ1v) is 5.44. The van der Waals surface area contributed by atoms with E-state index in [2.05, 4.69) is 20.8 Å². The van der Waals surface area contributed by atoms with Gasteiger partial charge in [0, 0.05) is 13.1 Å². The summed E-state index contributed by atoms with van der Waals surface area (Å²) in [7, 11) is 0. The molecule has 88 valence electrons. The zero-order valence-electron chi connectivity index (χ0n) is 10.1. The van der Waals surface area contributed by atoms with Gasteiger partial charge >= 0.3 is 6.09 Å². The number of ether oxygens (including phenoxy) is 2. The van der Waals surface area contributed by atoms with Gasteiger partial charge in [-0.05, 0) is 12.3 Å². The van der Waals surface area contributed by atoms with Gasteiger partial charge < -0.3 is 14.4 Å². The van der Waals surface area contributed by atoms with Gasteiger partial charge in [0.25, 0.3) is 0 Å². The van der Waals surface area contributed by atoms with Crippen molar-refractivity contribution in [3.05, 3.63) is 0 Å². The van der Waals surface area contributed by atoms with Crippen molar-refractivity contribution in [2.24, 2.45) is 5.41 Å². The molecule has 0 radical (unpaired) electrons. The monoisotopic (exact) mass is 215 g/mol. The van der Waals surface area contributed by atoms with Gasteiger partial charge in [-0.2, -0.15) is 0 Å². The Morgan fingerprint density at radius 1 is 1.33 bits per heavy atom. The fraction of sp³-hybridized carbons (Fsp3) is 0.909. The van der Waals surface area contributed by atoms with Gasteiger partial charge in [0.15, 0.2) is 0 Å². The van der Waals surface area contributed by atoms with Crippen LogP contribution in [0.25, 0.3) is 0 Å². The number of hydrogen-bond acceptors (Lipinski definition) is 3. The summed E-state index contributed by atoms with van der Waals surface area (Å²) in [4.78, 5) is 13.4. The minimum absolute atomic E-state index is 0.0120. The van der Waals surface area contributed by atoms with Crippen LogP contribution in [-0.4, -0.2) is 43.4 Å². The molecule has 0 aromatic rings. The lowest BCUT2D eigenvalue weighted by Crippen LogP contribution is -2.43. The molecule has 0 bridgehead atoms. The second-order valence-corrected chi connectivity index (χ2v) is 4.99. The van der Waals surface area contributed by atoms with Crippen LogP contribution in [-0.2, 0) is 9.47 Å². The molecule has 0 N–H and O–H groups in total. The summed E-state index contributed by atoms with van der Waals surface area (Å²) < 4.78 is 10.6. The van der Waals surface area contributed by atoms with Crippen LogP contribution >= 0.6 is 0 Å². The number of morpholine rings is 1. The molecule has 1 heterocycles. The van der Waals surface area contributed by atoms with Crippen molar-refractivity contribution in [3.8, 4) is 0 Å². The van der Waals surface area contributed by atoms with E-state index in [0.29, 0.717) is 26.3 Å². The fourth-order valence-electron chi connectivity index (χ4n) is 1.15. The van der Waals surface area contributed by atoms with E-state index in [9.17, 15) is 4.79 Å². The molecule has 1 saturated heterocycles. The van der Waals surface area contributed by atoms with E-state index in [-0.39, 0.29) is 17.6 Å². The van der Waals surface area contributed by atoms with E-state index in [0.717, 1.165) is 0 Å². The maximum absolute atomic E-state index is 11.7. The third-order valence-electron chi connectivity index (χ3n) is 2.77. The van der Waals surface area contributed by atoms with E-state index in [4.69, 9.17) is 9.47 Å². The molecule has 0 aliphatic carbocycles. The van der Waals surface area contributed by atoms with E-state index in [1.54, 1.807) is 4.90 Å². The molecule has 0 unspecified atom stereocenters. The lowest BCUT2D eigenvalue weighted by molar-refractivity contribution is -0.00761. The Bertz CT molecular complexity index is 216. The Kier molecular flexibility index (Phi) is 3.97. The number of carbonyl (C=O) groups is 1. The summed E-state index contributed by atoms with van der Waals surface area (Å²) in [5.74, 6) is 0. The number of nitrogens with zero attached hydrogens (tertiary/aromatic N) is 1. The van der Waals surface area contributed by atoms with Crippen molar-refractivity contribution in [1.29, 1.82) is 0 Å². The summed E-state index contributed by atoms with van der Waals surface area (Å²) in [5, 5.41) is 0. The second-order valence-electron chi connectivity index (χ2n) is 4.99. The minimum atomic E-state index is -0.222. The normalized spacial score (nSPS) is 19.9. The zero-order chi connectivity index (χ0) is 11.5. The zero-order valence-corrected chi connectivity index (χ0v) is 10.1. The molecular weight excluding hydrogens is 194 g/mol. The predicted molar refractivity (Wildman–Crippen MR) is 57.8 cm³/mol. The van der Waals surface area contributed by atoms with E-state index in [1.165, 1.54) is 0 Å². The van der Waals surface area contributed by atoms with Crippen LogP contribution in [0.15, 0.2) is 0 Å². The molecular formula is C11H21NO3. The van der Waals surface area contributed by atoms with Crippen molar-refractivity contribution in [3.63, 3.8) is 0 Å². The van der Waals surface area contributed by atoms with Crippen molar-refractivity contribution >= 4 is 6.09 Å². The van der Waals surface area contributed by atoms with Crippen molar-refractivity contribution < 1.29 is 14.3 Å². The first-order valence-electron chi connectivity index (χ1n) is 5.44. The Morgan fingerprint density at radius 3 is 2.33 bits per heavy atom. The van der Waals surface area contributed by atoms with Crippen LogP contribution in [0.4, 0.5) is 4.79 Å². The van der Waals surface area contributed by atoms with Crippen LogP contribution in [0.5, 0.6) is 0 Å². The number of carbonyl (C=O) groups excluding carboxylic acids is 1. The predicted octanol–water partition coefficient (Wildman–Crippen LogP) is 1.89. The summed E-state index contributed by atoms with van der Waals surface area (Å²) in [6.45, 7) is 10.6. The van der Waals surface area contributed by atoms with Crippen molar-refractivity contribution in [1.82, 2.24) is 4.90 Å². The third-order valence-corrected chi connectivity index (χ3v) is 2.77. The molecule has 0 aromatic carbocycles. The Labute approximate surface area is 91.5 Å². The SMILES string of the molecule is C[C@@H](OC(=O)N1CCOCC1)C(C)(C)C. The van der Waals surface area contributed by atoms with E-state index >= 15 is 0 Å². The summed E-state index contributed by atoms with van der Waals surface area (Å²) >= 11 is 0. The van der Waals surface area contributed by atoms with E-state index < -0.39 is 0 Å². The minimum Gasteiger partial charge on any atom is -0.446 e. The average Bonchev–Trinajstić information content (AvgIpc) is 2.17. The average molecular weight is 215 g/mol. The quantitative estimate of drug-likeness (QED) is 0.670. The van der Waals surface area contributed by atoms with Gasteiger partial charge in [0.2, 0.25) is 0 Å². The van der Waals surface area contributed by atoms with Gasteiger partial charge in [-0.25, -0.2) is 4.79 Å². The highest BCUT2D eigenvalue weighted by molar-refractivity contribution is 5.67. The number of hydrogen-bond donors (Lipinski definition) is 0. The summed E-state index contributed by atoms with van der Waals surface area (Å²) in [6, 6.07) is 0. The van der Waals surface area contributed by atoms with Crippen LogP contribution in [0.1, 0.15) is 27.7 Å². The van der Waals surface area contributed by atoms with E-state index in [1.807, 2.05) is 6.92 Å². The Morgan fingerprint density at radius 2 is 1.87 bits per heavy atom. The molecule has 0 saturated carbocycles. The molecule has 1 fully saturated rings. The molecule has 15 heavy (non-hydrogen) atoms. The van der Waals surface area contributed by atoms with Crippen molar-refractivity contribution in [2.75, 3.05) is 26.3 Å². The highest BCUT2D eigenvalue weighted by atomic mass is 16.6. The summed E-state index contributed by atoms with van der Waals surface area (Å²) in [6.07, 6.45) is -0.298. The largest absolute Gasteiger partial charge is 0.446 e. The maximum atomic E-state index is 11.7. The smallest absolute Gasteiger partial charge is 0.410 e. The molecule has 4 nitrogen and oxygen atoms in total. The van der Waals surface area contributed by atoms with Gasteiger partial charge in [0.1, 0.15) is 6.10 Å². The number of amides is 1. The van der Waals surface area contributed by atoms with Crippen molar-refractivity contribution in [2.45, 2.75) is 33.8 Å². The lowest BCUT2D eigenvalue weighted by Gasteiger charge is -2.31. The van der Waals surface area contributed by atoms with Gasteiger partial charge in [-0.1, -0.05) is 20.8 Å². The Balaban J connectivity index is 2.40. The first-order chi connectivity index (χ1) is 6.91. The van der Waals surface area contributed by atoms with Crippen LogP contribution in [0.2, 0.25) is 0 Å². The molecule has 1 amide bonds. The number of rotatable bonds is 1.